The smallest absolute Gasteiger partial charge is 0.112 e. The molecule has 0 spiro atoms. The molecule has 2 atom stereocenters. The molecule has 1 rings (SSSR count). The standard InChI is InChI=1S/C18H38NO/c1-3-4-5-6-7-8-9-10-11-12-15-19(2)16-13-14-18(19)17-20/h18,20H,3-17H2,1-2H3/q+1/t18-,19?/m1/s1. The summed E-state index contributed by atoms with van der Waals surface area (Å²) in [7, 11) is 2.35. The molecule has 2 nitrogen and oxygen atoms in total. The fourth-order valence-electron chi connectivity index (χ4n) is 3.73. The molecule has 0 saturated carbocycles. The van der Waals surface area contributed by atoms with Crippen molar-refractivity contribution in [3.05, 3.63) is 0 Å². The van der Waals surface area contributed by atoms with Crippen LogP contribution in [0.2, 0.25) is 0 Å². The number of unbranched alkanes of at least 4 members (excludes halogenated alkanes) is 9. The fraction of sp³-hybridized carbons (Fsp3) is 1.00. The Morgan fingerprint density at radius 3 is 2.00 bits per heavy atom. The average Bonchev–Trinajstić information content (AvgIpc) is 2.82. The van der Waals surface area contributed by atoms with Crippen molar-refractivity contribution >= 4 is 0 Å². The number of quaternary nitrogens is 1. The summed E-state index contributed by atoms with van der Waals surface area (Å²) in [6.07, 6.45) is 16.7. The largest absolute Gasteiger partial charge is 0.390 e. The number of likely N-dealkylation sites (N-methyl/N-ethyl adjacent to an activating group) is 1. The highest BCUT2D eigenvalue weighted by Gasteiger charge is 2.36. The van der Waals surface area contributed by atoms with E-state index in [1.165, 1.54) is 90.1 Å². The van der Waals surface area contributed by atoms with Crippen molar-refractivity contribution in [2.24, 2.45) is 0 Å². The number of hydrogen-bond acceptors (Lipinski definition) is 1. The lowest BCUT2D eigenvalue weighted by molar-refractivity contribution is -0.921. The zero-order valence-corrected chi connectivity index (χ0v) is 14.1. The molecule has 0 aromatic carbocycles. The van der Waals surface area contributed by atoms with Gasteiger partial charge in [-0.2, -0.15) is 0 Å². The maximum Gasteiger partial charge on any atom is 0.112 e. The van der Waals surface area contributed by atoms with Gasteiger partial charge in [-0.1, -0.05) is 58.3 Å². The van der Waals surface area contributed by atoms with Gasteiger partial charge in [0, 0.05) is 12.8 Å². The second-order valence-electron chi connectivity index (χ2n) is 7.09. The van der Waals surface area contributed by atoms with Crippen LogP contribution in [-0.4, -0.2) is 42.4 Å². The van der Waals surface area contributed by atoms with Crippen LogP contribution >= 0.6 is 0 Å². The fourth-order valence-corrected chi connectivity index (χ4v) is 3.73. The number of hydrogen-bond donors (Lipinski definition) is 1. The van der Waals surface area contributed by atoms with Crippen LogP contribution in [-0.2, 0) is 0 Å². The minimum absolute atomic E-state index is 0.383. The van der Waals surface area contributed by atoms with E-state index in [2.05, 4.69) is 14.0 Å². The zero-order chi connectivity index (χ0) is 14.7. The molecule has 2 heteroatoms. The minimum Gasteiger partial charge on any atom is -0.390 e. The van der Waals surface area contributed by atoms with Crippen LogP contribution in [0.1, 0.15) is 84.0 Å². The van der Waals surface area contributed by atoms with Gasteiger partial charge < -0.3 is 9.59 Å². The molecule has 1 unspecified atom stereocenters. The van der Waals surface area contributed by atoms with Gasteiger partial charge in [0.25, 0.3) is 0 Å². The van der Waals surface area contributed by atoms with Gasteiger partial charge in [0.1, 0.15) is 6.04 Å². The Morgan fingerprint density at radius 1 is 0.900 bits per heavy atom. The van der Waals surface area contributed by atoms with Crippen LogP contribution in [0, 0.1) is 0 Å². The Hall–Kier alpha value is -0.0800. The van der Waals surface area contributed by atoms with Crippen molar-refractivity contribution < 1.29 is 9.59 Å². The monoisotopic (exact) mass is 284 g/mol. The number of rotatable bonds is 12. The summed E-state index contributed by atoms with van der Waals surface area (Å²) in [5.41, 5.74) is 0. The lowest BCUT2D eigenvalue weighted by Gasteiger charge is -2.35. The summed E-state index contributed by atoms with van der Waals surface area (Å²) in [5, 5.41) is 9.45. The van der Waals surface area contributed by atoms with Crippen LogP contribution in [0.15, 0.2) is 0 Å². The molecule has 20 heavy (non-hydrogen) atoms. The molecule has 0 aromatic heterocycles. The zero-order valence-electron chi connectivity index (χ0n) is 14.1. The first-order chi connectivity index (χ1) is 9.73. The lowest BCUT2D eigenvalue weighted by atomic mass is 10.1. The van der Waals surface area contributed by atoms with Crippen molar-refractivity contribution in [1.29, 1.82) is 0 Å². The van der Waals surface area contributed by atoms with Crippen molar-refractivity contribution in [3.63, 3.8) is 0 Å². The summed E-state index contributed by atoms with van der Waals surface area (Å²) < 4.78 is 1.13. The second-order valence-corrected chi connectivity index (χ2v) is 7.09. The average molecular weight is 285 g/mol. The van der Waals surface area contributed by atoms with Gasteiger partial charge >= 0.3 is 0 Å². The highest BCUT2D eigenvalue weighted by atomic mass is 16.3. The van der Waals surface area contributed by atoms with Crippen LogP contribution in [0.25, 0.3) is 0 Å². The highest BCUT2D eigenvalue weighted by molar-refractivity contribution is 4.66. The molecule has 1 heterocycles. The van der Waals surface area contributed by atoms with Gasteiger partial charge in [-0.15, -0.1) is 0 Å². The molecule has 1 fully saturated rings. The van der Waals surface area contributed by atoms with E-state index in [0.29, 0.717) is 12.6 Å². The first-order valence-electron chi connectivity index (χ1n) is 9.18. The predicted octanol–water partition coefficient (Wildman–Crippen LogP) is 4.51. The third-order valence-corrected chi connectivity index (χ3v) is 5.32. The molecular formula is C18H38NO+. The molecule has 0 aromatic rings. The van der Waals surface area contributed by atoms with Crippen molar-refractivity contribution in [1.82, 2.24) is 0 Å². The second kappa shape index (κ2) is 10.6. The highest BCUT2D eigenvalue weighted by Crippen LogP contribution is 2.25. The third-order valence-electron chi connectivity index (χ3n) is 5.32. The van der Waals surface area contributed by atoms with E-state index in [1.807, 2.05) is 0 Å². The summed E-state index contributed by atoms with van der Waals surface area (Å²) in [4.78, 5) is 0. The molecule has 1 N–H and O–H groups in total. The molecule has 0 aliphatic carbocycles. The van der Waals surface area contributed by atoms with E-state index in [0.717, 1.165) is 4.48 Å². The van der Waals surface area contributed by atoms with Gasteiger partial charge in [-0.3, -0.25) is 0 Å². The van der Waals surface area contributed by atoms with E-state index >= 15 is 0 Å². The molecule has 120 valence electrons. The summed E-state index contributed by atoms with van der Waals surface area (Å²) >= 11 is 0. The van der Waals surface area contributed by atoms with Crippen LogP contribution in [0.5, 0.6) is 0 Å². The van der Waals surface area contributed by atoms with Crippen LogP contribution < -0.4 is 0 Å². The quantitative estimate of drug-likeness (QED) is 0.413. The Kier molecular flexibility index (Phi) is 9.54. The van der Waals surface area contributed by atoms with E-state index < -0.39 is 0 Å². The van der Waals surface area contributed by atoms with E-state index in [-0.39, 0.29) is 0 Å². The molecule has 1 saturated heterocycles. The molecule has 1 aliphatic rings. The molecule has 0 bridgehead atoms. The predicted molar refractivity (Wildman–Crippen MR) is 87.9 cm³/mol. The minimum atomic E-state index is 0.383. The maximum absolute atomic E-state index is 9.45. The van der Waals surface area contributed by atoms with Gasteiger partial charge in [0.05, 0.1) is 26.7 Å². The van der Waals surface area contributed by atoms with E-state index in [9.17, 15) is 5.11 Å². The van der Waals surface area contributed by atoms with Gasteiger partial charge in [-0.05, 0) is 12.8 Å². The first-order valence-corrected chi connectivity index (χ1v) is 9.18. The van der Waals surface area contributed by atoms with Crippen LogP contribution in [0.3, 0.4) is 0 Å². The Balaban J connectivity index is 1.92. The SMILES string of the molecule is CCCCCCCCCCCC[N+]1(C)CCC[C@@H]1CO. The number of aliphatic hydroxyl groups excluding tert-OH is 1. The number of nitrogens with zero attached hydrogens (tertiary/aromatic N) is 1. The summed E-state index contributed by atoms with van der Waals surface area (Å²) in [6, 6.07) is 0.522. The van der Waals surface area contributed by atoms with Crippen molar-refractivity contribution in [2.75, 3.05) is 26.7 Å². The normalized spacial score (nSPS) is 26.2. The first kappa shape index (κ1) is 18.0. The number of likely N-dealkylation sites (tertiary alicyclic amines) is 1. The van der Waals surface area contributed by atoms with Crippen molar-refractivity contribution in [2.45, 2.75) is 90.0 Å². The molecule has 0 amide bonds. The number of aliphatic hydroxyl groups is 1. The Morgan fingerprint density at radius 2 is 1.45 bits per heavy atom. The third kappa shape index (κ3) is 6.58. The van der Waals surface area contributed by atoms with Crippen molar-refractivity contribution in [3.8, 4) is 0 Å². The Bertz CT molecular complexity index is 231. The summed E-state index contributed by atoms with van der Waals surface area (Å²) in [5.74, 6) is 0. The van der Waals surface area contributed by atoms with Gasteiger partial charge in [-0.25, -0.2) is 0 Å². The lowest BCUT2D eigenvalue weighted by Crippen LogP contribution is -2.50. The van der Waals surface area contributed by atoms with E-state index in [4.69, 9.17) is 0 Å². The van der Waals surface area contributed by atoms with Gasteiger partial charge in [0.2, 0.25) is 0 Å². The molecule has 1 aliphatic heterocycles. The van der Waals surface area contributed by atoms with Crippen LogP contribution in [0.4, 0.5) is 0 Å². The van der Waals surface area contributed by atoms with E-state index in [1.54, 1.807) is 0 Å². The van der Waals surface area contributed by atoms with Gasteiger partial charge in [0.15, 0.2) is 0 Å². The topological polar surface area (TPSA) is 20.2 Å². The molecular weight excluding hydrogens is 246 g/mol. The molecule has 0 radical (unpaired) electrons. The Labute approximate surface area is 127 Å². The summed E-state index contributed by atoms with van der Waals surface area (Å²) in [6.45, 7) is 5.23. The maximum atomic E-state index is 9.45.